The zero-order valence-corrected chi connectivity index (χ0v) is 23.8. The maximum absolute atomic E-state index is 13.7. The molecule has 0 bridgehead atoms. The fourth-order valence-electron chi connectivity index (χ4n) is 4.69. The Morgan fingerprint density at radius 2 is 1.62 bits per heavy atom. The summed E-state index contributed by atoms with van der Waals surface area (Å²) >= 11 is 0. The Hall–Kier alpha value is -2.87. The van der Waals surface area contributed by atoms with Crippen LogP contribution in [0, 0.1) is 6.92 Å². The predicted octanol–water partition coefficient (Wildman–Crippen LogP) is 4.53. The van der Waals surface area contributed by atoms with Crippen LogP contribution < -0.4 is 9.62 Å². The molecule has 3 rings (SSSR count). The monoisotopic (exact) mass is 527 g/mol. The Morgan fingerprint density at radius 3 is 2.16 bits per heavy atom. The molecule has 0 radical (unpaired) electrons. The number of nitrogens with one attached hydrogen (secondary N) is 1. The SMILES string of the molecule is Cc1ccccc1CN(C(=O)CN(c1ccc(C(C)(C)C)cc1)S(C)(=O)=O)C(C)C(=O)NC1CCCC1. The number of anilines is 1. The number of amides is 2. The molecule has 0 aliphatic heterocycles. The van der Waals surface area contributed by atoms with Crippen molar-refractivity contribution in [2.24, 2.45) is 0 Å². The summed E-state index contributed by atoms with van der Waals surface area (Å²) in [6, 6.07) is 14.3. The van der Waals surface area contributed by atoms with Gasteiger partial charge in [0.2, 0.25) is 21.8 Å². The Morgan fingerprint density at radius 1 is 1.03 bits per heavy atom. The summed E-state index contributed by atoms with van der Waals surface area (Å²) in [6.45, 7) is 9.75. The molecule has 1 saturated carbocycles. The summed E-state index contributed by atoms with van der Waals surface area (Å²) in [7, 11) is -3.76. The van der Waals surface area contributed by atoms with Crippen LogP contribution in [0.5, 0.6) is 0 Å². The van der Waals surface area contributed by atoms with Crippen molar-refractivity contribution in [3.8, 4) is 0 Å². The molecule has 37 heavy (non-hydrogen) atoms. The largest absolute Gasteiger partial charge is 0.352 e. The molecule has 2 amide bonds. The molecule has 202 valence electrons. The second-order valence-corrected chi connectivity index (χ2v) is 13.1. The van der Waals surface area contributed by atoms with Crippen LogP contribution in [0.1, 0.15) is 70.1 Å². The molecule has 1 atom stereocenters. The number of nitrogens with zero attached hydrogens (tertiary/aromatic N) is 2. The summed E-state index contributed by atoms with van der Waals surface area (Å²) in [5.41, 5.74) is 3.31. The lowest BCUT2D eigenvalue weighted by atomic mass is 9.87. The van der Waals surface area contributed by atoms with Crippen molar-refractivity contribution in [1.29, 1.82) is 0 Å². The van der Waals surface area contributed by atoms with Crippen LogP contribution in [-0.4, -0.2) is 50.0 Å². The fourth-order valence-corrected chi connectivity index (χ4v) is 5.54. The van der Waals surface area contributed by atoms with Crippen LogP contribution in [0.15, 0.2) is 48.5 Å². The van der Waals surface area contributed by atoms with E-state index < -0.39 is 22.0 Å². The van der Waals surface area contributed by atoms with Gasteiger partial charge in [-0.15, -0.1) is 0 Å². The van der Waals surface area contributed by atoms with Crippen LogP contribution in [0.2, 0.25) is 0 Å². The molecule has 1 fully saturated rings. The first-order chi connectivity index (χ1) is 17.3. The van der Waals surface area contributed by atoms with E-state index in [9.17, 15) is 18.0 Å². The summed E-state index contributed by atoms with van der Waals surface area (Å²) in [6.07, 6.45) is 5.15. The van der Waals surface area contributed by atoms with E-state index in [1.807, 2.05) is 43.3 Å². The van der Waals surface area contributed by atoms with E-state index >= 15 is 0 Å². The zero-order valence-electron chi connectivity index (χ0n) is 23.0. The third kappa shape index (κ3) is 7.57. The Balaban J connectivity index is 1.89. The molecule has 1 aliphatic rings. The maximum atomic E-state index is 13.7. The number of carbonyl (C=O) groups is 2. The average Bonchev–Trinajstić information content (AvgIpc) is 3.33. The third-order valence-electron chi connectivity index (χ3n) is 7.17. The molecule has 8 heteroatoms. The van der Waals surface area contributed by atoms with E-state index in [1.165, 1.54) is 4.90 Å². The number of hydrogen-bond donors (Lipinski definition) is 1. The molecule has 0 heterocycles. The summed E-state index contributed by atoms with van der Waals surface area (Å²) < 4.78 is 26.7. The van der Waals surface area contributed by atoms with Gasteiger partial charge >= 0.3 is 0 Å². The van der Waals surface area contributed by atoms with Crippen molar-refractivity contribution in [2.75, 3.05) is 17.1 Å². The number of rotatable bonds is 9. The normalized spacial score (nSPS) is 15.3. The summed E-state index contributed by atoms with van der Waals surface area (Å²) in [4.78, 5) is 28.4. The summed E-state index contributed by atoms with van der Waals surface area (Å²) in [5.74, 6) is -0.642. The quantitative estimate of drug-likeness (QED) is 0.519. The van der Waals surface area contributed by atoms with Gasteiger partial charge in [0.15, 0.2) is 0 Å². The minimum absolute atomic E-state index is 0.0866. The molecule has 0 aromatic heterocycles. The summed E-state index contributed by atoms with van der Waals surface area (Å²) in [5, 5.41) is 3.09. The molecular weight excluding hydrogens is 486 g/mol. The van der Waals surface area contributed by atoms with E-state index in [0.29, 0.717) is 5.69 Å². The van der Waals surface area contributed by atoms with Gasteiger partial charge in [-0.1, -0.05) is 70.0 Å². The Kier molecular flexibility index (Phi) is 9.05. The first-order valence-corrected chi connectivity index (χ1v) is 14.8. The molecule has 1 aliphatic carbocycles. The lowest BCUT2D eigenvalue weighted by molar-refractivity contribution is -0.139. The molecule has 1 unspecified atom stereocenters. The minimum atomic E-state index is -3.76. The van der Waals surface area contributed by atoms with Crippen LogP contribution in [0.25, 0.3) is 0 Å². The first-order valence-electron chi connectivity index (χ1n) is 13.0. The van der Waals surface area contributed by atoms with Crippen LogP contribution in [0.3, 0.4) is 0 Å². The number of carbonyl (C=O) groups excluding carboxylic acids is 2. The highest BCUT2D eigenvalue weighted by atomic mass is 32.2. The minimum Gasteiger partial charge on any atom is -0.352 e. The van der Waals surface area contributed by atoms with Gasteiger partial charge in [-0.05, 0) is 60.9 Å². The van der Waals surface area contributed by atoms with E-state index in [1.54, 1.807) is 19.1 Å². The molecular formula is C29H41N3O4S. The van der Waals surface area contributed by atoms with Gasteiger partial charge in [-0.3, -0.25) is 13.9 Å². The average molecular weight is 528 g/mol. The van der Waals surface area contributed by atoms with Crippen LogP contribution >= 0.6 is 0 Å². The smallest absolute Gasteiger partial charge is 0.244 e. The standard InChI is InChI=1S/C29H41N3O4S/c1-21-11-7-8-12-23(21)19-31(22(2)28(34)30-25-13-9-10-14-25)27(33)20-32(37(6,35)36)26-17-15-24(16-18-26)29(3,4)5/h7-8,11-12,15-18,22,25H,9-10,13-14,19-20H2,1-6H3,(H,30,34). The first kappa shape index (κ1) is 28.7. The van der Waals surface area contributed by atoms with Gasteiger partial charge in [0.05, 0.1) is 11.9 Å². The highest BCUT2D eigenvalue weighted by Crippen LogP contribution is 2.26. The van der Waals surface area contributed by atoms with Gasteiger partial charge in [0, 0.05) is 12.6 Å². The number of aryl methyl sites for hydroxylation is 1. The van der Waals surface area contributed by atoms with E-state index in [2.05, 4.69) is 26.1 Å². The third-order valence-corrected chi connectivity index (χ3v) is 8.31. The van der Waals surface area contributed by atoms with E-state index in [4.69, 9.17) is 0 Å². The zero-order chi connectivity index (χ0) is 27.4. The predicted molar refractivity (Wildman–Crippen MR) is 149 cm³/mol. The van der Waals surface area contributed by atoms with E-state index in [-0.39, 0.29) is 30.5 Å². The van der Waals surface area contributed by atoms with Crippen molar-refractivity contribution >= 4 is 27.5 Å². The molecule has 0 spiro atoms. The van der Waals surface area contributed by atoms with Gasteiger partial charge in [-0.25, -0.2) is 8.42 Å². The lowest BCUT2D eigenvalue weighted by Gasteiger charge is -2.32. The highest BCUT2D eigenvalue weighted by Gasteiger charge is 2.31. The number of sulfonamides is 1. The fraction of sp³-hybridized carbons (Fsp3) is 0.517. The van der Waals surface area contributed by atoms with Gasteiger partial charge in [0.25, 0.3) is 0 Å². The van der Waals surface area contributed by atoms with Gasteiger partial charge in [0.1, 0.15) is 12.6 Å². The lowest BCUT2D eigenvalue weighted by Crippen LogP contribution is -2.52. The van der Waals surface area contributed by atoms with Gasteiger partial charge in [-0.2, -0.15) is 0 Å². The van der Waals surface area contributed by atoms with E-state index in [0.717, 1.165) is 52.9 Å². The number of benzene rings is 2. The molecule has 2 aromatic rings. The van der Waals surface area contributed by atoms with Crippen molar-refractivity contribution in [3.63, 3.8) is 0 Å². The molecule has 2 aromatic carbocycles. The second kappa shape index (κ2) is 11.7. The van der Waals surface area contributed by atoms with Crippen molar-refractivity contribution in [3.05, 3.63) is 65.2 Å². The Bertz CT molecular complexity index is 1200. The van der Waals surface area contributed by atoms with Crippen molar-refractivity contribution < 1.29 is 18.0 Å². The van der Waals surface area contributed by atoms with Gasteiger partial charge < -0.3 is 10.2 Å². The van der Waals surface area contributed by atoms with Crippen LogP contribution in [0.4, 0.5) is 5.69 Å². The van der Waals surface area contributed by atoms with Crippen LogP contribution in [-0.2, 0) is 31.6 Å². The number of hydrogen-bond acceptors (Lipinski definition) is 4. The van der Waals surface area contributed by atoms with Crippen molar-refractivity contribution in [2.45, 2.75) is 84.3 Å². The Labute approximate surface area is 222 Å². The second-order valence-electron chi connectivity index (χ2n) is 11.2. The van der Waals surface area contributed by atoms with Crippen molar-refractivity contribution in [1.82, 2.24) is 10.2 Å². The molecule has 0 saturated heterocycles. The molecule has 1 N–H and O–H groups in total. The molecule has 7 nitrogen and oxygen atoms in total. The highest BCUT2D eigenvalue weighted by molar-refractivity contribution is 7.92. The maximum Gasteiger partial charge on any atom is 0.244 e. The topological polar surface area (TPSA) is 86.8 Å².